The number of halogens is 1. The fourth-order valence-corrected chi connectivity index (χ4v) is 3.81. The van der Waals surface area contributed by atoms with E-state index in [1.807, 2.05) is 0 Å². The van der Waals surface area contributed by atoms with E-state index in [4.69, 9.17) is 9.47 Å². The Hall–Kier alpha value is -1.10. The SMILES string of the molecule is CCCCN1CCOCC1CCCOc1cccc2ccc(Br)cc12. The van der Waals surface area contributed by atoms with Crippen LogP contribution in [0.25, 0.3) is 10.8 Å². The monoisotopic (exact) mass is 405 g/mol. The summed E-state index contributed by atoms with van der Waals surface area (Å²) in [6.45, 7) is 7.02. The Balaban J connectivity index is 1.52. The summed E-state index contributed by atoms with van der Waals surface area (Å²) in [4.78, 5) is 2.60. The highest BCUT2D eigenvalue weighted by molar-refractivity contribution is 9.10. The Morgan fingerprint density at radius 2 is 2.16 bits per heavy atom. The Bertz CT molecular complexity index is 676. The second-order valence-corrected chi connectivity index (χ2v) is 7.65. The zero-order valence-corrected chi connectivity index (χ0v) is 16.6. The van der Waals surface area contributed by atoms with E-state index in [-0.39, 0.29) is 0 Å². The zero-order valence-electron chi connectivity index (χ0n) is 15.0. The second-order valence-electron chi connectivity index (χ2n) is 6.73. The minimum atomic E-state index is 0.547. The summed E-state index contributed by atoms with van der Waals surface area (Å²) in [6, 6.07) is 13.1. The quantitative estimate of drug-likeness (QED) is 0.558. The number of hydrogen-bond acceptors (Lipinski definition) is 3. The van der Waals surface area contributed by atoms with Crippen LogP contribution in [0, 0.1) is 0 Å². The lowest BCUT2D eigenvalue weighted by Crippen LogP contribution is -2.45. The van der Waals surface area contributed by atoms with E-state index in [2.05, 4.69) is 64.2 Å². The first-order valence-corrected chi connectivity index (χ1v) is 10.2. The molecule has 2 aromatic rings. The van der Waals surface area contributed by atoms with Crippen molar-refractivity contribution in [2.75, 3.05) is 32.9 Å². The van der Waals surface area contributed by atoms with Gasteiger partial charge in [0.05, 0.1) is 19.8 Å². The molecule has 3 nitrogen and oxygen atoms in total. The largest absolute Gasteiger partial charge is 0.493 e. The molecule has 4 heteroatoms. The van der Waals surface area contributed by atoms with Crippen LogP contribution in [-0.4, -0.2) is 43.9 Å². The summed E-state index contributed by atoms with van der Waals surface area (Å²) in [5.41, 5.74) is 0. The third kappa shape index (κ3) is 5.19. The molecule has 1 unspecified atom stereocenters. The van der Waals surface area contributed by atoms with Gasteiger partial charge in [-0.3, -0.25) is 4.90 Å². The Morgan fingerprint density at radius 1 is 1.24 bits per heavy atom. The number of rotatable bonds is 8. The molecule has 0 radical (unpaired) electrons. The molecule has 0 bridgehead atoms. The van der Waals surface area contributed by atoms with Crippen molar-refractivity contribution in [1.82, 2.24) is 4.90 Å². The van der Waals surface area contributed by atoms with E-state index in [1.165, 1.54) is 30.2 Å². The van der Waals surface area contributed by atoms with Crippen LogP contribution in [0.15, 0.2) is 40.9 Å². The van der Waals surface area contributed by atoms with Gasteiger partial charge >= 0.3 is 0 Å². The molecule has 0 spiro atoms. The van der Waals surface area contributed by atoms with E-state index < -0.39 is 0 Å². The first kappa shape index (κ1) is 18.7. The van der Waals surface area contributed by atoms with Crippen molar-refractivity contribution >= 4 is 26.7 Å². The minimum absolute atomic E-state index is 0.547. The highest BCUT2D eigenvalue weighted by atomic mass is 79.9. The molecule has 25 heavy (non-hydrogen) atoms. The molecule has 1 aliphatic rings. The number of morpholine rings is 1. The summed E-state index contributed by atoms with van der Waals surface area (Å²) >= 11 is 3.55. The van der Waals surface area contributed by atoms with Gasteiger partial charge in [0.1, 0.15) is 5.75 Å². The maximum Gasteiger partial charge on any atom is 0.127 e. The molecule has 0 aromatic heterocycles. The molecular formula is C21H28BrNO2. The zero-order chi connectivity index (χ0) is 17.5. The number of benzene rings is 2. The predicted molar refractivity (Wildman–Crippen MR) is 107 cm³/mol. The maximum absolute atomic E-state index is 6.10. The normalized spacial score (nSPS) is 18.6. The molecule has 0 N–H and O–H groups in total. The number of unbranched alkanes of at least 4 members (excludes halogenated alkanes) is 1. The molecular weight excluding hydrogens is 378 g/mol. The number of fused-ring (bicyclic) bond motifs is 1. The van der Waals surface area contributed by atoms with Gasteiger partial charge in [0.2, 0.25) is 0 Å². The van der Waals surface area contributed by atoms with Crippen LogP contribution in [-0.2, 0) is 4.74 Å². The first-order chi connectivity index (χ1) is 12.3. The van der Waals surface area contributed by atoms with Crippen molar-refractivity contribution in [1.29, 1.82) is 0 Å². The summed E-state index contributed by atoms with van der Waals surface area (Å²) in [5.74, 6) is 0.974. The van der Waals surface area contributed by atoms with Gasteiger partial charge < -0.3 is 9.47 Å². The van der Waals surface area contributed by atoms with Crippen LogP contribution in [0.1, 0.15) is 32.6 Å². The molecule has 2 aromatic carbocycles. The maximum atomic E-state index is 6.10. The number of hydrogen-bond donors (Lipinski definition) is 0. The molecule has 1 saturated heterocycles. The van der Waals surface area contributed by atoms with E-state index in [1.54, 1.807) is 0 Å². The lowest BCUT2D eigenvalue weighted by Gasteiger charge is -2.35. The molecule has 1 atom stereocenters. The first-order valence-electron chi connectivity index (χ1n) is 9.41. The van der Waals surface area contributed by atoms with Crippen LogP contribution in [0.4, 0.5) is 0 Å². The van der Waals surface area contributed by atoms with Gasteiger partial charge in [-0.15, -0.1) is 0 Å². The van der Waals surface area contributed by atoms with E-state index >= 15 is 0 Å². The van der Waals surface area contributed by atoms with Crippen LogP contribution in [0.5, 0.6) is 5.75 Å². The molecule has 136 valence electrons. The van der Waals surface area contributed by atoms with E-state index in [0.29, 0.717) is 6.04 Å². The van der Waals surface area contributed by atoms with Gasteiger partial charge in [-0.05, 0) is 49.4 Å². The lowest BCUT2D eigenvalue weighted by molar-refractivity contribution is -0.0124. The smallest absolute Gasteiger partial charge is 0.127 e. The Morgan fingerprint density at radius 3 is 3.04 bits per heavy atom. The third-order valence-corrected chi connectivity index (χ3v) is 5.39. The molecule has 1 heterocycles. The Kier molecular flexibility index (Phi) is 7.14. The van der Waals surface area contributed by atoms with E-state index in [9.17, 15) is 0 Å². The van der Waals surface area contributed by atoms with Gasteiger partial charge in [-0.25, -0.2) is 0 Å². The molecule has 1 fully saturated rings. The average Bonchev–Trinajstić information content (AvgIpc) is 2.64. The summed E-state index contributed by atoms with van der Waals surface area (Å²) in [6.07, 6.45) is 4.72. The van der Waals surface area contributed by atoms with E-state index in [0.717, 1.165) is 49.4 Å². The number of nitrogens with zero attached hydrogens (tertiary/aromatic N) is 1. The minimum Gasteiger partial charge on any atom is -0.493 e. The van der Waals surface area contributed by atoms with Crippen LogP contribution in [0.3, 0.4) is 0 Å². The van der Waals surface area contributed by atoms with Crippen LogP contribution in [0.2, 0.25) is 0 Å². The molecule has 0 amide bonds. The summed E-state index contributed by atoms with van der Waals surface area (Å²) < 4.78 is 12.9. The molecule has 0 saturated carbocycles. The topological polar surface area (TPSA) is 21.7 Å². The molecule has 3 rings (SSSR count). The van der Waals surface area contributed by atoms with Gasteiger partial charge in [0.25, 0.3) is 0 Å². The van der Waals surface area contributed by atoms with Crippen molar-refractivity contribution < 1.29 is 9.47 Å². The van der Waals surface area contributed by atoms with Gasteiger partial charge in [-0.1, -0.05) is 47.5 Å². The fraction of sp³-hybridized carbons (Fsp3) is 0.524. The van der Waals surface area contributed by atoms with Crippen molar-refractivity contribution in [3.63, 3.8) is 0 Å². The van der Waals surface area contributed by atoms with Gasteiger partial charge in [-0.2, -0.15) is 0 Å². The summed E-state index contributed by atoms with van der Waals surface area (Å²) in [5, 5.41) is 2.38. The standard InChI is InChI=1S/C21H28BrNO2/c1-2-3-11-23-12-14-24-16-19(23)7-5-13-25-21-8-4-6-17-9-10-18(22)15-20(17)21/h4,6,8-10,15,19H,2-3,5,7,11-14,16H2,1H3. The lowest BCUT2D eigenvalue weighted by atomic mass is 10.1. The average molecular weight is 406 g/mol. The van der Waals surface area contributed by atoms with Crippen molar-refractivity contribution in [3.05, 3.63) is 40.9 Å². The predicted octanol–water partition coefficient (Wildman–Crippen LogP) is 5.26. The highest BCUT2D eigenvalue weighted by Gasteiger charge is 2.21. The van der Waals surface area contributed by atoms with Gasteiger partial charge in [0, 0.05) is 22.4 Å². The van der Waals surface area contributed by atoms with Crippen molar-refractivity contribution in [3.8, 4) is 5.75 Å². The second kappa shape index (κ2) is 9.56. The van der Waals surface area contributed by atoms with Crippen molar-refractivity contribution in [2.24, 2.45) is 0 Å². The molecule has 0 aliphatic carbocycles. The summed E-state index contributed by atoms with van der Waals surface area (Å²) in [7, 11) is 0. The molecule has 1 aliphatic heterocycles. The Labute approximate surface area is 159 Å². The third-order valence-electron chi connectivity index (χ3n) is 4.89. The van der Waals surface area contributed by atoms with Crippen LogP contribution < -0.4 is 4.74 Å². The fourth-order valence-electron chi connectivity index (χ4n) is 3.45. The van der Waals surface area contributed by atoms with Gasteiger partial charge in [0.15, 0.2) is 0 Å². The van der Waals surface area contributed by atoms with Crippen LogP contribution >= 0.6 is 15.9 Å². The highest BCUT2D eigenvalue weighted by Crippen LogP contribution is 2.28. The van der Waals surface area contributed by atoms with Crippen molar-refractivity contribution in [2.45, 2.75) is 38.6 Å². The number of ether oxygens (including phenoxy) is 2.